The van der Waals surface area contributed by atoms with Crippen LogP contribution < -0.4 is 16.4 Å². The van der Waals surface area contributed by atoms with Crippen molar-refractivity contribution in [3.05, 3.63) is 0 Å². The number of amides is 1. The molecule has 0 aliphatic carbocycles. The van der Waals surface area contributed by atoms with Gasteiger partial charge in [0, 0.05) is 26.1 Å². The number of hydrogen-bond donors (Lipinski definition) is 3. The van der Waals surface area contributed by atoms with E-state index in [4.69, 9.17) is 5.73 Å². The lowest BCUT2D eigenvalue weighted by atomic mass is 9.96. The summed E-state index contributed by atoms with van der Waals surface area (Å²) in [6.07, 6.45) is 14.9. The molecule has 1 aliphatic heterocycles. The molecule has 172 valence electrons. The Bertz CT molecular complexity index is 425. The molecule has 1 saturated heterocycles. The number of piperidine rings is 1. The van der Waals surface area contributed by atoms with Gasteiger partial charge in [-0.3, -0.25) is 9.79 Å². The number of halogens is 1. The minimum Gasteiger partial charge on any atom is -0.369 e. The Labute approximate surface area is 196 Å². The first-order valence-corrected chi connectivity index (χ1v) is 11.6. The molecular weight excluding hydrogens is 477 g/mol. The third-order valence-electron chi connectivity index (χ3n) is 5.73. The fraction of sp³-hybridized carbons (Fsp3) is 0.909. The standard InChI is InChI=1S/C22H45N5O.HI/c1-3-4-5-6-7-8-9-10-15-25-22(24-2)26-16-11-12-17-27-18-13-20(14-19-27)21(23)28;/h20H,3-19H2,1-2H3,(H2,23,28)(H2,24,25,26);1H. The Balaban J connectivity index is 0.00000784. The summed E-state index contributed by atoms with van der Waals surface area (Å²) in [7, 11) is 1.84. The molecule has 0 bridgehead atoms. The predicted molar refractivity (Wildman–Crippen MR) is 135 cm³/mol. The minimum absolute atomic E-state index is 0. The molecule has 0 unspecified atom stereocenters. The van der Waals surface area contributed by atoms with Crippen molar-refractivity contribution >= 4 is 35.8 Å². The zero-order valence-corrected chi connectivity index (χ0v) is 21.2. The van der Waals surface area contributed by atoms with E-state index in [2.05, 4.69) is 27.4 Å². The van der Waals surface area contributed by atoms with Gasteiger partial charge < -0.3 is 21.3 Å². The van der Waals surface area contributed by atoms with Crippen LogP contribution in [0.25, 0.3) is 0 Å². The molecule has 7 heteroatoms. The molecule has 0 radical (unpaired) electrons. The maximum atomic E-state index is 11.2. The molecule has 6 nitrogen and oxygen atoms in total. The summed E-state index contributed by atoms with van der Waals surface area (Å²) in [5, 5.41) is 6.83. The van der Waals surface area contributed by atoms with Crippen LogP contribution in [0, 0.1) is 5.92 Å². The number of carbonyl (C=O) groups excluding carboxylic acids is 1. The summed E-state index contributed by atoms with van der Waals surface area (Å²) < 4.78 is 0. The second kappa shape index (κ2) is 19.4. The van der Waals surface area contributed by atoms with Crippen LogP contribution in [0.15, 0.2) is 4.99 Å². The van der Waals surface area contributed by atoms with Crippen LogP contribution in [0.4, 0.5) is 0 Å². The van der Waals surface area contributed by atoms with Gasteiger partial charge in [-0.25, -0.2) is 0 Å². The van der Waals surface area contributed by atoms with Gasteiger partial charge in [0.15, 0.2) is 5.96 Å². The van der Waals surface area contributed by atoms with Gasteiger partial charge in [0.2, 0.25) is 5.91 Å². The van der Waals surface area contributed by atoms with E-state index in [1.807, 2.05) is 7.05 Å². The molecule has 1 aliphatic rings. The van der Waals surface area contributed by atoms with E-state index in [9.17, 15) is 4.79 Å². The van der Waals surface area contributed by atoms with Crippen LogP contribution in [0.1, 0.15) is 84.0 Å². The summed E-state index contributed by atoms with van der Waals surface area (Å²) in [6, 6.07) is 0. The normalized spacial score (nSPS) is 15.7. The summed E-state index contributed by atoms with van der Waals surface area (Å²) in [4.78, 5) is 18.0. The van der Waals surface area contributed by atoms with Gasteiger partial charge >= 0.3 is 0 Å². The van der Waals surface area contributed by atoms with E-state index in [1.165, 1.54) is 57.8 Å². The van der Waals surface area contributed by atoms with E-state index < -0.39 is 0 Å². The zero-order valence-electron chi connectivity index (χ0n) is 18.9. The maximum Gasteiger partial charge on any atom is 0.220 e. The Morgan fingerprint density at radius 1 is 0.931 bits per heavy atom. The Morgan fingerprint density at radius 2 is 1.45 bits per heavy atom. The summed E-state index contributed by atoms with van der Waals surface area (Å²) in [6.45, 7) is 7.34. The third-order valence-corrected chi connectivity index (χ3v) is 5.73. The van der Waals surface area contributed by atoms with E-state index >= 15 is 0 Å². The zero-order chi connectivity index (χ0) is 20.5. The first kappa shape index (κ1) is 28.4. The molecule has 1 amide bonds. The Hall–Kier alpha value is -0.570. The number of likely N-dealkylation sites (tertiary alicyclic amines) is 1. The fourth-order valence-electron chi connectivity index (χ4n) is 3.79. The Kier molecular flexibility index (Phi) is 19.0. The van der Waals surface area contributed by atoms with E-state index in [0.29, 0.717) is 0 Å². The lowest BCUT2D eigenvalue weighted by Crippen LogP contribution is -2.40. The van der Waals surface area contributed by atoms with Crippen molar-refractivity contribution in [2.24, 2.45) is 16.6 Å². The van der Waals surface area contributed by atoms with Crippen LogP contribution >= 0.6 is 24.0 Å². The molecule has 0 spiro atoms. The van der Waals surface area contributed by atoms with E-state index in [1.54, 1.807) is 0 Å². The number of carbonyl (C=O) groups is 1. The highest BCUT2D eigenvalue weighted by Gasteiger charge is 2.22. The number of primary amides is 1. The smallest absolute Gasteiger partial charge is 0.220 e. The lowest BCUT2D eigenvalue weighted by molar-refractivity contribution is -0.123. The van der Waals surface area contributed by atoms with Crippen molar-refractivity contribution < 1.29 is 4.79 Å². The third kappa shape index (κ3) is 15.0. The lowest BCUT2D eigenvalue weighted by Gasteiger charge is -2.30. The second-order valence-electron chi connectivity index (χ2n) is 8.13. The van der Waals surface area contributed by atoms with Crippen LogP contribution in [0.2, 0.25) is 0 Å². The van der Waals surface area contributed by atoms with Gasteiger partial charge in [-0.05, 0) is 51.7 Å². The SMILES string of the molecule is CCCCCCCCCCNC(=NC)NCCCCN1CCC(C(N)=O)CC1.I. The number of nitrogens with zero attached hydrogens (tertiary/aromatic N) is 2. The molecule has 0 atom stereocenters. The largest absolute Gasteiger partial charge is 0.369 e. The van der Waals surface area contributed by atoms with E-state index in [-0.39, 0.29) is 35.8 Å². The topological polar surface area (TPSA) is 82.8 Å². The quantitative estimate of drug-likeness (QED) is 0.132. The first-order valence-electron chi connectivity index (χ1n) is 11.6. The maximum absolute atomic E-state index is 11.2. The molecule has 1 fully saturated rings. The van der Waals surface area contributed by atoms with Crippen LogP contribution in [0.3, 0.4) is 0 Å². The summed E-state index contributed by atoms with van der Waals surface area (Å²) >= 11 is 0. The van der Waals surface area contributed by atoms with Crippen molar-refractivity contribution in [3.8, 4) is 0 Å². The monoisotopic (exact) mass is 523 g/mol. The van der Waals surface area contributed by atoms with Crippen molar-refractivity contribution in [3.63, 3.8) is 0 Å². The number of guanidine groups is 1. The molecule has 0 aromatic carbocycles. The van der Waals surface area contributed by atoms with E-state index in [0.717, 1.165) is 57.9 Å². The fourth-order valence-corrected chi connectivity index (χ4v) is 3.79. The van der Waals surface area contributed by atoms with Crippen LogP contribution in [0.5, 0.6) is 0 Å². The van der Waals surface area contributed by atoms with Gasteiger partial charge in [0.05, 0.1) is 0 Å². The van der Waals surface area contributed by atoms with Crippen molar-refractivity contribution in [2.45, 2.75) is 84.0 Å². The van der Waals surface area contributed by atoms with Crippen molar-refractivity contribution in [1.82, 2.24) is 15.5 Å². The number of nitrogens with two attached hydrogens (primary N) is 1. The highest BCUT2D eigenvalue weighted by atomic mass is 127. The average Bonchev–Trinajstić information content (AvgIpc) is 2.71. The average molecular weight is 524 g/mol. The molecule has 0 aromatic heterocycles. The Morgan fingerprint density at radius 3 is 1.97 bits per heavy atom. The van der Waals surface area contributed by atoms with Gasteiger partial charge in [-0.2, -0.15) is 0 Å². The molecule has 1 heterocycles. The number of hydrogen-bond acceptors (Lipinski definition) is 3. The van der Waals surface area contributed by atoms with Crippen molar-refractivity contribution in [2.75, 3.05) is 39.8 Å². The first-order chi connectivity index (χ1) is 13.7. The molecular formula is C22H46IN5O. The number of nitrogens with one attached hydrogen (secondary N) is 2. The highest BCUT2D eigenvalue weighted by Crippen LogP contribution is 2.16. The molecule has 1 rings (SSSR count). The number of aliphatic imine (C=N–C) groups is 1. The highest BCUT2D eigenvalue weighted by molar-refractivity contribution is 14.0. The molecule has 0 aromatic rings. The molecule has 29 heavy (non-hydrogen) atoms. The molecule has 0 saturated carbocycles. The van der Waals surface area contributed by atoms with Gasteiger partial charge in [-0.15, -0.1) is 24.0 Å². The van der Waals surface area contributed by atoms with Crippen LogP contribution in [-0.4, -0.2) is 56.5 Å². The number of rotatable bonds is 15. The minimum atomic E-state index is -0.130. The van der Waals surface area contributed by atoms with Crippen molar-refractivity contribution in [1.29, 1.82) is 0 Å². The van der Waals surface area contributed by atoms with Gasteiger partial charge in [0.25, 0.3) is 0 Å². The summed E-state index contributed by atoms with van der Waals surface area (Å²) in [5.74, 6) is 0.883. The van der Waals surface area contributed by atoms with Gasteiger partial charge in [-0.1, -0.05) is 51.9 Å². The van der Waals surface area contributed by atoms with Gasteiger partial charge in [0.1, 0.15) is 0 Å². The molecule has 4 N–H and O–H groups in total. The predicted octanol–water partition coefficient (Wildman–Crippen LogP) is 3.89. The summed E-state index contributed by atoms with van der Waals surface area (Å²) in [5.41, 5.74) is 5.39. The number of unbranched alkanes of at least 4 members (excludes halogenated alkanes) is 8. The second-order valence-corrected chi connectivity index (χ2v) is 8.13. The van der Waals surface area contributed by atoms with Crippen LogP contribution in [-0.2, 0) is 4.79 Å².